The third kappa shape index (κ3) is 1.94. The second-order valence-corrected chi connectivity index (χ2v) is 4.05. The number of hydrogen-bond donors (Lipinski definition) is 1. The lowest BCUT2D eigenvalue weighted by Gasteiger charge is -2.34. The van der Waals surface area contributed by atoms with Gasteiger partial charge in [-0.05, 0) is 26.7 Å². The molecule has 0 radical (unpaired) electrons. The van der Waals surface area contributed by atoms with Crippen LogP contribution in [-0.4, -0.2) is 34.7 Å². The molecular formula is C9H19NO. The summed E-state index contributed by atoms with van der Waals surface area (Å²) in [5.41, 5.74) is 0.275. The van der Waals surface area contributed by atoms with Crippen LogP contribution in [0.4, 0.5) is 0 Å². The van der Waals surface area contributed by atoms with Crippen LogP contribution in [0, 0.1) is 0 Å². The molecule has 1 fully saturated rings. The molecule has 2 nitrogen and oxygen atoms in total. The van der Waals surface area contributed by atoms with Crippen LogP contribution in [0.15, 0.2) is 0 Å². The Morgan fingerprint density at radius 3 is 2.55 bits per heavy atom. The van der Waals surface area contributed by atoms with E-state index in [-0.39, 0.29) is 11.6 Å². The first-order valence-corrected chi connectivity index (χ1v) is 4.49. The van der Waals surface area contributed by atoms with Crippen molar-refractivity contribution in [1.82, 2.24) is 4.90 Å². The zero-order valence-corrected chi connectivity index (χ0v) is 7.80. The molecule has 1 saturated heterocycles. The van der Waals surface area contributed by atoms with Gasteiger partial charge in [0.05, 0.1) is 6.10 Å². The number of aliphatic hydroxyl groups is 1. The van der Waals surface area contributed by atoms with Crippen molar-refractivity contribution in [2.45, 2.75) is 45.3 Å². The number of β-amino-alcohol motifs (C(OH)–C–C–N with tert-alkyl or cyclic N) is 1. The fourth-order valence-electron chi connectivity index (χ4n) is 1.52. The van der Waals surface area contributed by atoms with Crippen molar-refractivity contribution in [3.05, 3.63) is 0 Å². The van der Waals surface area contributed by atoms with E-state index < -0.39 is 0 Å². The average Bonchev–Trinajstić information content (AvgIpc) is 2.36. The summed E-state index contributed by atoms with van der Waals surface area (Å²) < 4.78 is 0. The Balaban J connectivity index is 2.48. The maximum Gasteiger partial charge on any atom is 0.0679 e. The van der Waals surface area contributed by atoms with Crippen LogP contribution in [0.2, 0.25) is 0 Å². The molecular weight excluding hydrogens is 138 g/mol. The van der Waals surface area contributed by atoms with Crippen LogP contribution >= 0.6 is 0 Å². The SMILES string of the molecule is CCC(C)(C)N1CCC(O)C1. The summed E-state index contributed by atoms with van der Waals surface area (Å²) in [4.78, 5) is 2.37. The molecule has 0 amide bonds. The summed E-state index contributed by atoms with van der Waals surface area (Å²) >= 11 is 0. The van der Waals surface area contributed by atoms with Gasteiger partial charge in [0, 0.05) is 18.6 Å². The number of nitrogens with zero attached hydrogens (tertiary/aromatic N) is 1. The molecule has 66 valence electrons. The van der Waals surface area contributed by atoms with Crippen molar-refractivity contribution in [3.8, 4) is 0 Å². The fraction of sp³-hybridized carbons (Fsp3) is 1.00. The minimum atomic E-state index is -0.0826. The highest BCUT2D eigenvalue weighted by Gasteiger charge is 2.30. The molecule has 1 N–H and O–H groups in total. The molecule has 0 aromatic carbocycles. The van der Waals surface area contributed by atoms with Crippen molar-refractivity contribution >= 4 is 0 Å². The van der Waals surface area contributed by atoms with E-state index in [1.165, 1.54) is 0 Å². The summed E-state index contributed by atoms with van der Waals surface area (Å²) in [6.07, 6.45) is 2.02. The average molecular weight is 157 g/mol. The van der Waals surface area contributed by atoms with Crippen LogP contribution < -0.4 is 0 Å². The zero-order valence-electron chi connectivity index (χ0n) is 7.80. The molecule has 1 aliphatic heterocycles. The topological polar surface area (TPSA) is 23.5 Å². The van der Waals surface area contributed by atoms with Gasteiger partial charge < -0.3 is 5.11 Å². The van der Waals surface area contributed by atoms with Gasteiger partial charge in [-0.15, -0.1) is 0 Å². The second-order valence-electron chi connectivity index (χ2n) is 4.05. The molecule has 2 heteroatoms. The molecule has 0 aliphatic carbocycles. The zero-order chi connectivity index (χ0) is 8.48. The maximum absolute atomic E-state index is 9.32. The van der Waals surface area contributed by atoms with Gasteiger partial charge in [0.15, 0.2) is 0 Å². The van der Waals surface area contributed by atoms with Crippen molar-refractivity contribution in [3.63, 3.8) is 0 Å². The monoisotopic (exact) mass is 157 g/mol. The highest BCUT2D eigenvalue weighted by atomic mass is 16.3. The maximum atomic E-state index is 9.32. The number of hydrogen-bond acceptors (Lipinski definition) is 2. The molecule has 0 aromatic rings. The Bertz CT molecular complexity index is 134. The summed E-state index contributed by atoms with van der Waals surface area (Å²) in [6.45, 7) is 8.60. The van der Waals surface area contributed by atoms with E-state index in [0.29, 0.717) is 0 Å². The summed E-state index contributed by atoms with van der Waals surface area (Å²) in [5, 5.41) is 9.32. The Hall–Kier alpha value is -0.0800. The molecule has 11 heavy (non-hydrogen) atoms. The first-order chi connectivity index (χ1) is 5.06. The normalized spacial score (nSPS) is 27.8. The Morgan fingerprint density at radius 1 is 1.55 bits per heavy atom. The van der Waals surface area contributed by atoms with E-state index in [1.54, 1.807) is 0 Å². The molecule has 1 rings (SSSR count). The standard InChI is InChI=1S/C9H19NO/c1-4-9(2,3)10-6-5-8(11)7-10/h8,11H,4-7H2,1-3H3. The van der Waals surface area contributed by atoms with Gasteiger partial charge in [0.1, 0.15) is 0 Å². The third-order valence-electron chi connectivity index (χ3n) is 2.88. The van der Waals surface area contributed by atoms with Crippen LogP contribution in [0.1, 0.15) is 33.6 Å². The second kappa shape index (κ2) is 3.11. The van der Waals surface area contributed by atoms with Crippen LogP contribution in [0.25, 0.3) is 0 Å². The minimum Gasteiger partial charge on any atom is -0.392 e. The number of rotatable bonds is 2. The predicted molar refractivity (Wildman–Crippen MR) is 46.6 cm³/mol. The minimum absolute atomic E-state index is 0.0826. The van der Waals surface area contributed by atoms with Gasteiger partial charge in [0.25, 0.3) is 0 Å². The fourth-order valence-corrected chi connectivity index (χ4v) is 1.52. The van der Waals surface area contributed by atoms with Crippen molar-refractivity contribution in [2.75, 3.05) is 13.1 Å². The third-order valence-corrected chi connectivity index (χ3v) is 2.88. The Labute approximate surface area is 69.2 Å². The quantitative estimate of drug-likeness (QED) is 0.652. The van der Waals surface area contributed by atoms with Crippen molar-refractivity contribution in [2.24, 2.45) is 0 Å². The van der Waals surface area contributed by atoms with Gasteiger partial charge in [-0.25, -0.2) is 0 Å². The lowest BCUT2D eigenvalue weighted by Crippen LogP contribution is -2.42. The van der Waals surface area contributed by atoms with E-state index >= 15 is 0 Å². The van der Waals surface area contributed by atoms with Crippen molar-refractivity contribution in [1.29, 1.82) is 0 Å². The molecule has 0 bridgehead atoms. The van der Waals surface area contributed by atoms with E-state index in [2.05, 4.69) is 25.7 Å². The molecule has 1 heterocycles. The first kappa shape index (κ1) is 9.01. The predicted octanol–water partition coefficient (Wildman–Crippen LogP) is 1.24. The Morgan fingerprint density at radius 2 is 2.18 bits per heavy atom. The molecule has 0 spiro atoms. The van der Waals surface area contributed by atoms with Gasteiger partial charge >= 0.3 is 0 Å². The van der Waals surface area contributed by atoms with Crippen LogP contribution in [0.5, 0.6) is 0 Å². The largest absolute Gasteiger partial charge is 0.392 e. The lowest BCUT2D eigenvalue weighted by molar-refractivity contribution is 0.115. The van der Waals surface area contributed by atoms with E-state index in [0.717, 1.165) is 25.9 Å². The van der Waals surface area contributed by atoms with Crippen molar-refractivity contribution < 1.29 is 5.11 Å². The smallest absolute Gasteiger partial charge is 0.0679 e. The molecule has 0 aromatic heterocycles. The van der Waals surface area contributed by atoms with Gasteiger partial charge in [-0.3, -0.25) is 4.90 Å². The first-order valence-electron chi connectivity index (χ1n) is 4.49. The van der Waals surface area contributed by atoms with Crippen LogP contribution in [-0.2, 0) is 0 Å². The number of aliphatic hydroxyl groups excluding tert-OH is 1. The molecule has 1 aliphatic rings. The molecule has 0 saturated carbocycles. The van der Waals surface area contributed by atoms with E-state index in [1.807, 2.05) is 0 Å². The summed E-state index contributed by atoms with van der Waals surface area (Å²) in [6, 6.07) is 0. The van der Waals surface area contributed by atoms with Gasteiger partial charge in [-0.2, -0.15) is 0 Å². The summed E-state index contributed by atoms with van der Waals surface area (Å²) in [5.74, 6) is 0. The highest BCUT2D eigenvalue weighted by Crippen LogP contribution is 2.23. The van der Waals surface area contributed by atoms with E-state index in [9.17, 15) is 5.11 Å². The van der Waals surface area contributed by atoms with Gasteiger partial charge in [-0.1, -0.05) is 6.92 Å². The van der Waals surface area contributed by atoms with E-state index in [4.69, 9.17) is 0 Å². The Kier molecular flexibility index (Phi) is 2.55. The molecule has 1 atom stereocenters. The highest BCUT2D eigenvalue weighted by molar-refractivity contribution is 4.86. The lowest BCUT2D eigenvalue weighted by atomic mass is 10.0. The summed E-state index contributed by atoms with van der Waals surface area (Å²) in [7, 11) is 0. The van der Waals surface area contributed by atoms with Crippen LogP contribution in [0.3, 0.4) is 0 Å². The molecule has 1 unspecified atom stereocenters. The van der Waals surface area contributed by atoms with Gasteiger partial charge in [0.2, 0.25) is 0 Å². The number of likely N-dealkylation sites (tertiary alicyclic amines) is 1.